The van der Waals surface area contributed by atoms with Crippen LogP contribution in [0.15, 0.2) is 48.5 Å². The Hall–Kier alpha value is -1.84. The Kier molecular flexibility index (Phi) is 6.83. The number of aldehydes is 1. The quantitative estimate of drug-likeness (QED) is 0.667. The van der Waals surface area contributed by atoms with E-state index in [0.29, 0.717) is 16.6 Å². The number of nitrogens with zero attached hydrogens (tertiary/aromatic N) is 1. The van der Waals surface area contributed by atoms with Crippen LogP contribution in [0.5, 0.6) is 0 Å². The molecule has 0 aromatic heterocycles. The molecule has 0 spiro atoms. The van der Waals surface area contributed by atoms with Crippen molar-refractivity contribution in [1.29, 1.82) is 0 Å². The average Bonchev–Trinajstić information content (AvgIpc) is 2.57. The maximum absolute atomic E-state index is 12.5. The fourth-order valence-electron chi connectivity index (χ4n) is 2.53. The van der Waals surface area contributed by atoms with Gasteiger partial charge in [-0.25, -0.2) is 0 Å². The number of hydrogen-bond donors (Lipinski definition) is 0. The Morgan fingerprint density at radius 3 is 2.46 bits per heavy atom. The van der Waals surface area contributed by atoms with Crippen LogP contribution in [-0.4, -0.2) is 24.1 Å². The van der Waals surface area contributed by atoms with Crippen molar-refractivity contribution < 1.29 is 9.59 Å². The van der Waals surface area contributed by atoms with E-state index in [0.717, 1.165) is 17.4 Å². The Labute approximate surface area is 152 Å². The van der Waals surface area contributed by atoms with Crippen LogP contribution in [0.3, 0.4) is 0 Å². The Morgan fingerprint density at radius 2 is 1.83 bits per heavy atom. The molecule has 5 heteroatoms. The number of amides is 1. The zero-order valence-corrected chi connectivity index (χ0v) is 14.9. The summed E-state index contributed by atoms with van der Waals surface area (Å²) in [6.45, 7) is 0.537. The van der Waals surface area contributed by atoms with Gasteiger partial charge in [0.2, 0.25) is 5.91 Å². The highest BCUT2D eigenvalue weighted by molar-refractivity contribution is 6.42. The molecule has 0 fully saturated rings. The molecule has 0 saturated heterocycles. The lowest BCUT2D eigenvalue weighted by atomic mass is 9.92. The summed E-state index contributed by atoms with van der Waals surface area (Å²) in [6.07, 6.45) is 1.35. The third-order valence-electron chi connectivity index (χ3n) is 3.91. The van der Waals surface area contributed by atoms with Gasteiger partial charge in [-0.15, -0.1) is 0 Å². The molecule has 126 valence electrons. The van der Waals surface area contributed by atoms with Crippen LogP contribution in [0.4, 0.5) is 0 Å². The molecular formula is C19H19Cl2NO2. The minimum absolute atomic E-state index is 0.0169. The van der Waals surface area contributed by atoms with Gasteiger partial charge in [-0.05, 0) is 29.2 Å². The smallest absolute Gasteiger partial charge is 0.223 e. The SMILES string of the molecule is CN(Cc1ccccc1)C(=O)CC(CC=O)c1ccc(Cl)c(Cl)c1. The van der Waals surface area contributed by atoms with Gasteiger partial charge in [0.25, 0.3) is 0 Å². The molecular weight excluding hydrogens is 345 g/mol. The highest BCUT2D eigenvalue weighted by atomic mass is 35.5. The molecule has 0 heterocycles. The van der Waals surface area contributed by atoms with Crippen LogP contribution in [0.25, 0.3) is 0 Å². The van der Waals surface area contributed by atoms with Crippen molar-refractivity contribution in [3.63, 3.8) is 0 Å². The summed E-state index contributed by atoms with van der Waals surface area (Å²) >= 11 is 12.0. The van der Waals surface area contributed by atoms with Gasteiger partial charge in [-0.1, -0.05) is 59.6 Å². The Bertz CT molecular complexity index is 704. The molecule has 1 amide bonds. The normalized spacial score (nSPS) is 11.8. The maximum Gasteiger partial charge on any atom is 0.223 e. The highest BCUT2D eigenvalue weighted by Gasteiger charge is 2.19. The number of halogens is 2. The molecule has 0 aliphatic heterocycles. The standard InChI is InChI=1S/C19H19Cl2NO2/c1-22(13-14-5-3-2-4-6-14)19(24)12-16(9-10-23)15-7-8-17(20)18(21)11-15/h2-8,10-11,16H,9,12-13H2,1H3. The zero-order chi connectivity index (χ0) is 17.5. The first-order valence-corrected chi connectivity index (χ1v) is 8.43. The largest absolute Gasteiger partial charge is 0.341 e. The van der Waals surface area contributed by atoms with E-state index in [2.05, 4.69) is 0 Å². The average molecular weight is 364 g/mol. The molecule has 2 aromatic carbocycles. The second-order valence-electron chi connectivity index (χ2n) is 5.71. The van der Waals surface area contributed by atoms with E-state index in [1.165, 1.54) is 0 Å². The number of carbonyl (C=O) groups is 2. The highest BCUT2D eigenvalue weighted by Crippen LogP contribution is 2.30. The first-order chi connectivity index (χ1) is 11.5. The van der Waals surface area contributed by atoms with E-state index in [1.54, 1.807) is 24.1 Å². The topological polar surface area (TPSA) is 37.4 Å². The van der Waals surface area contributed by atoms with Crippen molar-refractivity contribution in [2.24, 2.45) is 0 Å². The predicted molar refractivity (Wildman–Crippen MR) is 97.4 cm³/mol. The first-order valence-electron chi connectivity index (χ1n) is 7.67. The molecule has 3 nitrogen and oxygen atoms in total. The Morgan fingerprint density at radius 1 is 1.12 bits per heavy atom. The summed E-state index contributed by atoms with van der Waals surface area (Å²) in [5.74, 6) is -0.222. The van der Waals surface area contributed by atoms with Crippen molar-refractivity contribution in [2.75, 3.05) is 7.05 Å². The zero-order valence-electron chi connectivity index (χ0n) is 13.4. The molecule has 24 heavy (non-hydrogen) atoms. The van der Waals surface area contributed by atoms with Gasteiger partial charge in [-0.2, -0.15) is 0 Å². The molecule has 1 unspecified atom stereocenters. The lowest BCUT2D eigenvalue weighted by molar-refractivity contribution is -0.130. The van der Waals surface area contributed by atoms with Gasteiger partial charge in [0.1, 0.15) is 6.29 Å². The van der Waals surface area contributed by atoms with Gasteiger partial charge in [0, 0.05) is 26.4 Å². The van der Waals surface area contributed by atoms with E-state index in [9.17, 15) is 9.59 Å². The number of hydrogen-bond acceptors (Lipinski definition) is 2. The summed E-state index contributed by atoms with van der Waals surface area (Å²) in [4.78, 5) is 25.2. The number of benzene rings is 2. The van der Waals surface area contributed by atoms with Crippen LogP contribution in [-0.2, 0) is 16.1 Å². The van der Waals surface area contributed by atoms with Crippen LogP contribution in [0.2, 0.25) is 10.0 Å². The van der Waals surface area contributed by atoms with Crippen LogP contribution < -0.4 is 0 Å². The Balaban J connectivity index is 2.07. The number of rotatable bonds is 7. The monoisotopic (exact) mass is 363 g/mol. The predicted octanol–water partition coefficient (Wildman–Crippen LogP) is 4.71. The van der Waals surface area contributed by atoms with E-state index in [-0.39, 0.29) is 24.7 Å². The molecule has 1 atom stereocenters. The molecule has 0 saturated carbocycles. The molecule has 2 rings (SSSR count). The molecule has 0 radical (unpaired) electrons. The van der Waals surface area contributed by atoms with E-state index >= 15 is 0 Å². The summed E-state index contributed by atoms with van der Waals surface area (Å²) in [5.41, 5.74) is 1.91. The summed E-state index contributed by atoms with van der Waals surface area (Å²) in [7, 11) is 1.77. The lowest BCUT2D eigenvalue weighted by Crippen LogP contribution is -2.27. The lowest BCUT2D eigenvalue weighted by Gasteiger charge is -2.21. The summed E-state index contributed by atoms with van der Waals surface area (Å²) in [6, 6.07) is 15.0. The second-order valence-corrected chi connectivity index (χ2v) is 6.53. The third kappa shape index (κ3) is 5.08. The molecule has 0 bridgehead atoms. The third-order valence-corrected chi connectivity index (χ3v) is 4.64. The van der Waals surface area contributed by atoms with Gasteiger partial charge >= 0.3 is 0 Å². The van der Waals surface area contributed by atoms with Crippen LogP contribution >= 0.6 is 23.2 Å². The van der Waals surface area contributed by atoms with Gasteiger partial charge < -0.3 is 9.69 Å². The van der Waals surface area contributed by atoms with Crippen molar-refractivity contribution in [3.05, 3.63) is 69.7 Å². The van der Waals surface area contributed by atoms with Crippen molar-refractivity contribution in [1.82, 2.24) is 4.90 Å². The van der Waals surface area contributed by atoms with Gasteiger partial charge in [0.05, 0.1) is 10.0 Å². The van der Waals surface area contributed by atoms with Crippen molar-refractivity contribution in [2.45, 2.75) is 25.3 Å². The summed E-state index contributed by atoms with van der Waals surface area (Å²) < 4.78 is 0. The number of carbonyl (C=O) groups excluding carboxylic acids is 2. The molecule has 2 aromatic rings. The van der Waals surface area contributed by atoms with E-state index in [1.807, 2.05) is 36.4 Å². The van der Waals surface area contributed by atoms with Gasteiger partial charge in [0.15, 0.2) is 0 Å². The fraction of sp³-hybridized carbons (Fsp3) is 0.263. The van der Waals surface area contributed by atoms with Crippen LogP contribution in [0.1, 0.15) is 29.9 Å². The van der Waals surface area contributed by atoms with Crippen molar-refractivity contribution >= 4 is 35.4 Å². The minimum atomic E-state index is -0.206. The minimum Gasteiger partial charge on any atom is -0.341 e. The fourth-order valence-corrected chi connectivity index (χ4v) is 2.84. The van der Waals surface area contributed by atoms with E-state index < -0.39 is 0 Å². The van der Waals surface area contributed by atoms with Crippen molar-refractivity contribution in [3.8, 4) is 0 Å². The second kappa shape index (κ2) is 8.86. The van der Waals surface area contributed by atoms with E-state index in [4.69, 9.17) is 23.2 Å². The molecule has 0 N–H and O–H groups in total. The molecule has 0 aliphatic carbocycles. The summed E-state index contributed by atoms with van der Waals surface area (Å²) in [5, 5.41) is 0.882. The first kappa shape index (κ1) is 18.5. The maximum atomic E-state index is 12.5. The van der Waals surface area contributed by atoms with Crippen LogP contribution in [0, 0.1) is 0 Å². The molecule has 0 aliphatic rings. The van der Waals surface area contributed by atoms with Gasteiger partial charge in [-0.3, -0.25) is 4.79 Å².